The van der Waals surface area contributed by atoms with E-state index in [0.29, 0.717) is 16.7 Å². The summed E-state index contributed by atoms with van der Waals surface area (Å²) in [5.74, 6) is 1.09. The van der Waals surface area contributed by atoms with Crippen LogP contribution in [0.3, 0.4) is 0 Å². The summed E-state index contributed by atoms with van der Waals surface area (Å²) in [7, 11) is 0. The van der Waals surface area contributed by atoms with Crippen molar-refractivity contribution in [1.82, 2.24) is 20.2 Å². The van der Waals surface area contributed by atoms with Crippen LogP contribution < -0.4 is 0 Å². The molecule has 5 nitrogen and oxygen atoms in total. The number of aryl methyl sites for hydroxylation is 2. The Morgan fingerprint density at radius 1 is 1.08 bits per heavy atom. The van der Waals surface area contributed by atoms with Gasteiger partial charge in [-0.15, -0.1) is 5.10 Å². The van der Waals surface area contributed by atoms with Crippen LogP contribution in [0, 0.1) is 13.8 Å². The van der Waals surface area contributed by atoms with Crippen LogP contribution in [-0.4, -0.2) is 31.7 Å². The van der Waals surface area contributed by atoms with Crippen molar-refractivity contribution in [2.75, 3.05) is 5.75 Å². The van der Waals surface area contributed by atoms with Crippen molar-refractivity contribution in [3.05, 3.63) is 65.4 Å². The van der Waals surface area contributed by atoms with E-state index in [4.69, 9.17) is 0 Å². The molecule has 0 aliphatic carbocycles. The van der Waals surface area contributed by atoms with Gasteiger partial charge in [0, 0.05) is 27.7 Å². The summed E-state index contributed by atoms with van der Waals surface area (Å²) < 4.78 is 0. The molecule has 0 saturated heterocycles. The monoisotopic (exact) mass is 362 g/mol. The van der Waals surface area contributed by atoms with E-state index in [-0.39, 0.29) is 5.78 Å². The zero-order valence-corrected chi connectivity index (χ0v) is 15.4. The van der Waals surface area contributed by atoms with E-state index >= 15 is 0 Å². The molecule has 2 aromatic carbocycles. The van der Waals surface area contributed by atoms with Crippen molar-refractivity contribution in [2.24, 2.45) is 0 Å². The van der Waals surface area contributed by atoms with Gasteiger partial charge in [-0.25, -0.2) is 4.98 Å². The number of thioether (sulfide) groups is 1. The number of aromatic nitrogens is 4. The average Bonchev–Trinajstić information content (AvgIpc) is 3.24. The minimum Gasteiger partial charge on any atom is -0.358 e. The van der Waals surface area contributed by atoms with Crippen molar-refractivity contribution in [1.29, 1.82) is 0 Å². The maximum absolute atomic E-state index is 12.7. The first-order valence-corrected chi connectivity index (χ1v) is 9.33. The van der Waals surface area contributed by atoms with Gasteiger partial charge in [0.25, 0.3) is 0 Å². The molecule has 0 spiro atoms. The Morgan fingerprint density at radius 2 is 1.85 bits per heavy atom. The summed E-state index contributed by atoms with van der Waals surface area (Å²) in [5, 5.41) is 8.70. The number of benzene rings is 2. The number of carbonyl (C=O) groups excluding carboxylic acids is 1. The first-order valence-electron chi connectivity index (χ1n) is 8.34. The summed E-state index contributed by atoms with van der Waals surface area (Å²) in [6.45, 7) is 3.98. The lowest BCUT2D eigenvalue weighted by atomic mass is 10.1. The number of ketones is 1. The predicted octanol–water partition coefficient (Wildman–Crippen LogP) is 4.54. The molecule has 0 atom stereocenters. The fourth-order valence-electron chi connectivity index (χ4n) is 2.99. The predicted molar refractivity (Wildman–Crippen MR) is 105 cm³/mol. The van der Waals surface area contributed by atoms with E-state index in [1.165, 1.54) is 17.3 Å². The molecule has 2 N–H and O–H groups in total. The highest BCUT2D eigenvalue weighted by Gasteiger charge is 2.17. The van der Waals surface area contributed by atoms with Crippen molar-refractivity contribution in [3.63, 3.8) is 0 Å². The Kier molecular flexibility index (Phi) is 4.34. The molecule has 6 heteroatoms. The highest BCUT2D eigenvalue weighted by Crippen LogP contribution is 2.25. The molecular formula is C20H18N4OS. The van der Waals surface area contributed by atoms with Crippen molar-refractivity contribution in [3.8, 4) is 11.4 Å². The van der Waals surface area contributed by atoms with Gasteiger partial charge < -0.3 is 4.98 Å². The van der Waals surface area contributed by atoms with Gasteiger partial charge in [0.05, 0.1) is 5.75 Å². The molecular weight excluding hydrogens is 344 g/mol. The second kappa shape index (κ2) is 6.80. The van der Waals surface area contributed by atoms with E-state index in [2.05, 4.69) is 20.2 Å². The Bertz CT molecular complexity index is 1080. The van der Waals surface area contributed by atoms with Gasteiger partial charge in [-0.05, 0) is 19.9 Å². The maximum Gasteiger partial charge on any atom is 0.209 e. The molecule has 0 fully saturated rings. The van der Waals surface area contributed by atoms with Crippen LogP contribution in [-0.2, 0) is 0 Å². The first-order chi connectivity index (χ1) is 12.6. The lowest BCUT2D eigenvalue weighted by Gasteiger charge is -1.99. The minimum atomic E-state index is 0.0756. The zero-order valence-electron chi connectivity index (χ0n) is 14.5. The molecule has 0 amide bonds. The van der Waals surface area contributed by atoms with E-state index < -0.39 is 0 Å². The van der Waals surface area contributed by atoms with Gasteiger partial charge in [0.2, 0.25) is 5.16 Å². The number of nitrogens with zero attached hydrogens (tertiary/aromatic N) is 2. The third-order valence-corrected chi connectivity index (χ3v) is 5.14. The molecule has 0 radical (unpaired) electrons. The Hall–Kier alpha value is -2.86. The van der Waals surface area contributed by atoms with Crippen LogP contribution in [0.2, 0.25) is 0 Å². The van der Waals surface area contributed by atoms with E-state index in [1.54, 1.807) is 0 Å². The SMILES string of the molecule is Cc1ccc(-c2nc(SCC(=O)c3c(C)[nH]c4ccccc34)n[nH]2)cc1. The van der Waals surface area contributed by atoms with Crippen LogP contribution in [0.1, 0.15) is 21.6 Å². The average molecular weight is 362 g/mol. The number of nitrogens with one attached hydrogen (secondary N) is 2. The molecule has 2 aromatic heterocycles. The summed E-state index contributed by atoms with van der Waals surface area (Å²) in [6.07, 6.45) is 0. The molecule has 0 aliphatic heterocycles. The topological polar surface area (TPSA) is 74.4 Å². The number of hydrogen-bond donors (Lipinski definition) is 2. The Morgan fingerprint density at radius 3 is 2.65 bits per heavy atom. The van der Waals surface area contributed by atoms with Gasteiger partial charge in [0.1, 0.15) is 0 Å². The number of carbonyl (C=O) groups is 1. The molecule has 2 heterocycles. The fourth-order valence-corrected chi connectivity index (χ4v) is 3.66. The van der Waals surface area contributed by atoms with Gasteiger partial charge in [-0.2, -0.15) is 0 Å². The number of Topliss-reactive ketones (excluding diaryl/α,β-unsaturated/α-hetero) is 1. The molecule has 4 aromatic rings. The normalized spacial score (nSPS) is 11.2. The molecule has 0 unspecified atom stereocenters. The Labute approximate surface area is 155 Å². The number of hydrogen-bond acceptors (Lipinski definition) is 4. The van der Waals surface area contributed by atoms with E-state index in [9.17, 15) is 4.79 Å². The van der Waals surface area contributed by atoms with Gasteiger partial charge in [-0.1, -0.05) is 59.8 Å². The number of rotatable bonds is 5. The minimum absolute atomic E-state index is 0.0756. The Balaban J connectivity index is 1.50. The molecule has 0 saturated carbocycles. The van der Waals surface area contributed by atoms with Crippen LogP contribution >= 0.6 is 11.8 Å². The second-order valence-electron chi connectivity index (χ2n) is 6.22. The van der Waals surface area contributed by atoms with Crippen LogP contribution in [0.4, 0.5) is 0 Å². The largest absolute Gasteiger partial charge is 0.358 e. The van der Waals surface area contributed by atoms with Crippen LogP contribution in [0.25, 0.3) is 22.3 Å². The summed E-state index contributed by atoms with van der Waals surface area (Å²) in [6, 6.07) is 15.9. The van der Waals surface area contributed by atoms with E-state index in [1.807, 2.05) is 62.4 Å². The van der Waals surface area contributed by atoms with Gasteiger partial charge in [0.15, 0.2) is 11.6 Å². The highest BCUT2D eigenvalue weighted by atomic mass is 32.2. The van der Waals surface area contributed by atoms with Crippen LogP contribution in [0.15, 0.2) is 53.7 Å². The van der Waals surface area contributed by atoms with Gasteiger partial charge >= 0.3 is 0 Å². The number of H-pyrrole nitrogens is 2. The number of para-hydroxylation sites is 1. The molecule has 26 heavy (non-hydrogen) atoms. The quantitative estimate of drug-likeness (QED) is 0.404. The van der Waals surface area contributed by atoms with Crippen LogP contribution in [0.5, 0.6) is 0 Å². The van der Waals surface area contributed by atoms with E-state index in [0.717, 1.165) is 27.7 Å². The molecule has 130 valence electrons. The summed E-state index contributed by atoms with van der Waals surface area (Å²) in [4.78, 5) is 20.5. The van der Waals surface area contributed by atoms with Gasteiger partial charge in [-0.3, -0.25) is 9.89 Å². The zero-order chi connectivity index (χ0) is 18.1. The number of aromatic amines is 2. The van der Waals surface area contributed by atoms with Crippen molar-refractivity contribution in [2.45, 2.75) is 19.0 Å². The molecule has 0 aliphatic rings. The van der Waals surface area contributed by atoms with Crippen molar-refractivity contribution >= 4 is 28.4 Å². The fraction of sp³-hybridized carbons (Fsp3) is 0.150. The lowest BCUT2D eigenvalue weighted by Crippen LogP contribution is -2.03. The molecule has 4 rings (SSSR count). The standard InChI is InChI=1S/C20H18N4OS/c1-12-7-9-14(10-8-12)19-22-20(24-23-19)26-11-17(25)18-13(2)21-16-6-4-3-5-15(16)18/h3-10,21H,11H2,1-2H3,(H,22,23,24). The third kappa shape index (κ3) is 3.15. The summed E-state index contributed by atoms with van der Waals surface area (Å²) >= 11 is 1.35. The second-order valence-corrected chi connectivity index (χ2v) is 7.16. The maximum atomic E-state index is 12.7. The smallest absolute Gasteiger partial charge is 0.209 e. The van der Waals surface area contributed by atoms with Crippen molar-refractivity contribution < 1.29 is 4.79 Å². The molecule has 0 bridgehead atoms. The number of fused-ring (bicyclic) bond motifs is 1. The first kappa shape index (κ1) is 16.6. The lowest BCUT2D eigenvalue weighted by molar-refractivity contribution is 0.102. The third-order valence-electron chi connectivity index (χ3n) is 4.29. The summed E-state index contributed by atoms with van der Waals surface area (Å²) in [5.41, 5.74) is 4.81. The highest BCUT2D eigenvalue weighted by molar-refractivity contribution is 7.99.